The second-order valence-corrected chi connectivity index (χ2v) is 7.42. The summed E-state index contributed by atoms with van der Waals surface area (Å²) in [5.74, 6) is 0. The van der Waals surface area contributed by atoms with E-state index in [1.54, 1.807) is 13.0 Å². The second kappa shape index (κ2) is 5.44. The van der Waals surface area contributed by atoms with Gasteiger partial charge in [0.25, 0.3) is 0 Å². The van der Waals surface area contributed by atoms with Gasteiger partial charge in [-0.25, -0.2) is 8.42 Å². The lowest BCUT2D eigenvalue weighted by Crippen LogP contribution is -2.31. The summed E-state index contributed by atoms with van der Waals surface area (Å²) in [5, 5.41) is 7.11. The highest BCUT2D eigenvalue weighted by Crippen LogP contribution is 2.39. The van der Waals surface area contributed by atoms with Crippen molar-refractivity contribution in [3.63, 3.8) is 0 Å². The monoisotopic (exact) mass is 325 g/mol. The van der Waals surface area contributed by atoms with E-state index in [4.69, 9.17) is 11.6 Å². The SMILES string of the molecule is Cc1[nH]ncc1S(=O)(=O)N1CCCC1c1ccccc1Cl. The molecular weight excluding hydrogens is 310 g/mol. The number of aromatic nitrogens is 2. The van der Waals surface area contributed by atoms with Gasteiger partial charge in [-0.3, -0.25) is 5.10 Å². The van der Waals surface area contributed by atoms with Crippen LogP contribution in [0.15, 0.2) is 35.4 Å². The van der Waals surface area contributed by atoms with Crippen LogP contribution in [0.25, 0.3) is 0 Å². The number of hydrogen-bond donors (Lipinski definition) is 1. The summed E-state index contributed by atoms with van der Waals surface area (Å²) < 4.78 is 27.2. The van der Waals surface area contributed by atoms with Gasteiger partial charge in [0.15, 0.2) is 0 Å². The number of benzene rings is 1. The zero-order valence-electron chi connectivity index (χ0n) is 11.6. The summed E-state index contributed by atoms with van der Waals surface area (Å²) >= 11 is 6.24. The fraction of sp³-hybridized carbons (Fsp3) is 0.357. The quantitative estimate of drug-likeness (QED) is 0.943. The zero-order valence-corrected chi connectivity index (χ0v) is 13.2. The maximum absolute atomic E-state index is 12.8. The first-order valence-corrected chi connectivity index (χ1v) is 8.60. The van der Waals surface area contributed by atoms with Gasteiger partial charge in [-0.15, -0.1) is 0 Å². The number of sulfonamides is 1. The third-order valence-electron chi connectivity index (χ3n) is 3.84. The van der Waals surface area contributed by atoms with Gasteiger partial charge in [-0.05, 0) is 31.4 Å². The van der Waals surface area contributed by atoms with Gasteiger partial charge in [-0.2, -0.15) is 9.40 Å². The normalized spacial score (nSPS) is 20.0. The van der Waals surface area contributed by atoms with Gasteiger partial charge in [0.1, 0.15) is 4.90 Å². The maximum Gasteiger partial charge on any atom is 0.247 e. The van der Waals surface area contributed by atoms with E-state index in [2.05, 4.69) is 10.2 Å². The van der Waals surface area contributed by atoms with E-state index >= 15 is 0 Å². The molecule has 0 amide bonds. The third-order valence-corrected chi connectivity index (χ3v) is 6.20. The Balaban J connectivity index is 2.02. The van der Waals surface area contributed by atoms with Crippen molar-refractivity contribution < 1.29 is 8.42 Å². The molecule has 0 radical (unpaired) electrons. The van der Waals surface area contributed by atoms with Gasteiger partial charge in [0.2, 0.25) is 10.0 Å². The Morgan fingerprint density at radius 2 is 2.14 bits per heavy atom. The number of nitrogens with zero attached hydrogens (tertiary/aromatic N) is 2. The van der Waals surface area contributed by atoms with E-state index in [1.807, 2.05) is 18.2 Å². The predicted molar refractivity (Wildman–Crippen MR) is 80.6 cm³/mol. The molecule has 1 aliphatic rings. The molecule has 1 atom stereocenters. The Morgan fingerprint density at radius 3 is 2.81 bits per heavy atom. The lowest BCUT2D eigenvalue weighted by molar-refractivity contribution is 0.396. The fourth-order valence-corrected chi connectivity index (χ4v) is 4.87. The van der Waals surface area contributed by atoms with E-state index in [-0.39, 0.29) is 10.9 Å². The molecule has 7 heteroatoms. The van der Waals surface area contributed by atoms with Crippen molar-refractivity contribution in [2.75, 3.05) is 6.54 Å². The van der Waals surface area contributed by atoms with Crippen molar-refractivity contribution in [1.29, 1.82) is 0 Å². The minimum absolute atomic E-state index is 0.210. The predicted octanol–water partition coefficient (Wildman–Crippen LogP) is 2.90. The highest BCUT2D eigenvalue weighted by Gasteiger charge is 2.38. The van der Waals surface area contributed by atoms with Gasteiger partial charge < -0.3 is 0 Å². The number of aryl methyl sites for hydroxylation is 1. The Kier molecular flexibility index (Phi) is 3.77. The van der Waals surface area contributed by atoms with Crippen molar-refractivity contribution in [3.05, 3.63) is 46.7 Å². The summed E-state index contributed by atoms with van der Waals surface area (Å²) in [6.07, 6.45) is 2.97. The van der Waals surface area contributed by atoms with Gasteiger partial charge in [-0.1, -0.05) is 29.8 Å². The summed E-state index contributed by atoms with van der Waals surface area (Å²) in [7, 11) is -3.56. The van der Waals surface area contributed by atoms with Crippen molar-refractivity contribution in [3.8, 4) is 0 Å². The van der Waals surface area contributed by atoms with Crippen LogP contribution < -0.4 is 0 Å². The van der Waals surface area contributed by atoms with Gasteiger partial charge in [0, 0.05) is 11.6 Å². The molecule has 1 aromatic carbocycles. The molecule has 3 rings (SSSR count). The first-order valence-electron chi connectivity index (χ1n) is 6.78. The molecule has 0 aliphatic carbocycles. The van der Waals surface area contributed by atoms with E-state index < -0.39 is 10.0 Å². The Hall–Kier alpha value is -1.37. The van der Waals surface area contributed by atoms with E-state index in [0.717, 1.165) is 18.4 Å². The molecule has 1 fully saturated rings. The molecule has 0 saturated carbocycles. The minimum Gasteiger partial charge on any atom is -0.281 e. The number of rotatable bonds is 3. The van der Waals surface area contributed by atoms with Crippen molar-refractivity contribution in [2.24, 2.45) is 0 Å². The van der Waals surface area contributed by atoms with Crippen molar-refractivity contribution in [2.45, 2.75) is 30.7 Å². The first kappa shape index (κ1) is 14.6. The number of aromatic amines is 1. The molecule has 2 aromatic rings. The average molecular weight is 326 g/mol. The molecule has 21 heavy (non-hydrogen) atoms. The molecule has 1 aliphatic heterocycles. The third kappa shape index (κ3) is 2.47. The number of hydrogen-bond acceptors (Lipinski definition) is 3. The molecular formula is C14H16ClN3O2S. The highest BCUT2D eigenvalue weighted by molar-refractivity contribution is 7.89. The van der Waals surface area contributed by atoms with Crippen molar-refractivity contribution >= 4 is 21.6 Å². The molecule has 2 heterocycles. The molecule has 112 valence electrons. The Labute approximate surface area is 129 Å². The topological polar surface area (TPSA) is 66.1 Å². The Bertz CT molecular complexity index is 757. The molecule has 1 unspecified atom stereocenters. The molecule has 1 saturated heterocycles. The highest BCUT2D eigenvalue weighted by atomic mass is 35.5. The first-order chi connectivity index (χ1) is 10.0. The van der Waals surface area contributed by atoms with Crippen LogP contribution in [0, 0.1) is 6.92 Å². The van der Waals surface area contributed by atoms with Crippen LogP contribution in [-0.2, 0) is 10.0 Å². The van der Waals surface area contributed by atoms with Crippen LogP contribution in [-0.4, -0.2) is 29.5 Å². The minimum atomic E-state index is -3.56. The maximum atomic E-state index is 12.8. The van der Waals surface area contributed by atoms with Crippen LogP contribution in [0.3, 0.4) is 0 Å². The van der Waals surface area contributed by atoms with Crippen LogP contribution >= 0.6 is 11.6 Å². The largest absolute Gasteiger partial charge is 0.281 e. The van der Waals surface area contributed by atoms with Crippen molar-refractivity contribution in [1.82, 2.24) is 14.5 Å². The fourth-order valence-electron chi connectivity index (χ4n) is 2.81. The lowest BCUT2D eigenvalue weighted by Gasteiger charge is -2.24. The molecule has 1 aromatic heterocycles. The molecule has 0 spiro atoms. The molecule has 1 N–H and O–H groups in total. The number of H-pyrrole nitrogens is 1. The lowest BCUT2D eigenvalue weighted by atomic mass is 10.1. The van der Waals surface area contributed by atoms with Gasteiger partial charge in [0.05, 0.1) is 17.9 Å². The average Bonchev–Trinajstić information content (AvgIpc) is 3.08. The van der Waals surface area contributed by atoms with E-state index in [1.165, 1.54) is 10.5 Å². The standard InChI is InChI=1S/C14H16ClN3O2S/c1-10-14(9-16-17-10)21(19,20)18-8-4-7-13(18)11-5-2-3-6-12(11)15/h2-3,5-6,9,13H,4,7-8H2,1H3,(H,16,17). The van der Waals surface area contributed by atoms with Crippen LogP contribution in [0.4, 0.5) is 0 Å². The van der Waals surface area contributed by atoms with Crippen LogP contribution in [0.2, 0.25) is 5.02 Å². The summed E-state index contributed by atoms with van der Waals surface area (Å²) in [5.41, 5.74) is 1.42. The zero-order chi connectivity index (χ0) is 15.0. The smallest absolute Gasteiger partial charge is 0.247 e. The van der Waals surface area contributed by atoms with Crippen LogP contribution in [0.1, 0.15) is 30.1 Å². The van der Waals surface area contributed by atoms with E-state index in [9.17, 15) is 8.42 Å². The Morgan fingerprint density at radius 1 is 1.38 bits per heavy atom. The second-order valence-electron chi connectivity index (χ2n) is 5.15. The van der Waals surface area contributed by atoms with Crippen LogP contribution in [0.5, 0.6) is 0 Å². The number of nitrogens with one attached hydrogen (secondary N) is 1. The van der Waals surface area contributed by atoms with Gasteiger partial charge >= 0.3 is 0 Å². The van der Waals surface area contributed by atoms with E-state index in [0.29, 0.717) is 17.3 Å². The summed E-state index contributed by atoms with van der Waals surface area (Å²) in [6, 6.07) is 7.21. The number of halogens is 1. The molecule has 0 bridgehead atoms. The summed E-state index contributed by atoms with van der Waals surface area (Å²) in [4.78, 5) is 0.237. The summed E-state index contributed by atoms with van der Waals surface area (Å²) in [6.45, 7) is 2.21. The molecule has 5 nitrogen and oxygen atoms in total.